The van der Waals surface area contributed by atoms with E-state index in [1.807, 2.05) is 28.8 Å². The molecule has 3 aromatic rings. The normalized spacial score (nSPS) is 17.0. The fraction of sp³-hybridized carbons (Fsp3) is 0.278. The Hall–Kier alpha value is -2.31. The first-order valence-electron chi connectivity index (χ1n) is 8.24. The molecule has 2 aromatic heterocycles. The van der Waals surface area contributed by atoms with Crippen LogP contribution in [0.25, 0.3) is 5.65 Å². The van der Waals surface area contributed by atoms with Gasteiger partial charge in [-0.3, -0.25) is 9.20 Å². The van der Waals surface area contributed by atoms with Crippen LogP contribution in [0.15, 0.2) is 36.5 Å². The first kappa shape index (κ1) is 17.1. The second-order valence-corrected chi connectivity index (χ2v) is 6.93. The molecule has 26 heavy (non-hydrogen) atoms. The number of fused-ring (bicyclic) bond motifs is 1. The zero-order valence-electron chi connectivity index (χ0n) is 14.0. The average Bonchev–Trinajstić information content (AvgIpc) is 3.27. The molecule has 6 nitrogen and oxygen atoms in total. The minimum absolute atomic E-state index is 0.133. The highest BCUT2D eigenvalue weighted by Gasteiger charge is 2.34. The van der Waals surface area contributed by atoms with E-state index in [0.29, 0.717) is 27.9 Å². The van der Waals surface area contributed by atoms with Crippen molar-refractivity contribution in [2.24, 2.45) is 0 Å². The van der Waals surface area contributed by atoms with Crippen molar-refractivity contribution in [1.82, 2.24) is 19.5 Å². The average molecular weight is 391 g/mol. The molecule has 1 fully saturated rings. The number of hydrogen-bond donors (Lipinski definition) is 0. The van der Waals surface area contributed by atoms with Gasteiger partial charge in [-0.05, 0) is 37.1 Å². The van der Waals surface area contributed by atoms with Crippen molar-refractivity contribution in [3.63, 3.8) is 0 Å². The van der Waals surface area contributed by atoms with Gasteiger partial charge in [-0.1, -0.05) is 29.3 Å². The first-order chi connectivity index (χ1) is 12.6. The van der Waals surface area contributed by atoms with Crippen molar-refractivity contribution in [1.29, 1.82) is 0 Å². The van der Waals surface area contributed by atoms with Crippen LogP contribution in [0.5, 0.6) is 5.75 Å². The van der Waals surface area contributed by atoms with Gasteiger partial charge in [0.2, 0.25) is 0 Å². The Bertz CT molecular complexity index is 965. The molecule has 0 N–H and O–H groups in total. The predicted molar refractivity (Wildman–Crippen MR) is 99.0 cm³/mol. The molecule has 1 atom stereocenters. The molecule has 1 unspecified atom stereocenters. The molecule has 8 heteroatoms. The Morgan fingerprint density at radius 3 is 2.73 bits per heavy atom. The quantitative estimate of drug-likeness (QED) is 0.677. The van der Waals surface area contributed by atoms with Gasteiger partial charge >= 0.3 is 0 Å². The van der Waals surface area contributed by atoms with Crippen molar-refractivity contribution in [3.8, 4) is 5.75 Å². The van der Waals surface area contributed by atoms with Gasteiger partial charge in [0, 0.05) is 18.3 Å². The number of aromatic nitrogens is 3. The van der Waals surface area contributed by atoms with Crippen LogP contribution in [0.4, 0.5) is 0 Å². The van der Waals surface area contributed by atoms with Crippen molar-refractivity contribution < 1.29 is 9.53 Å². The molecular formula is C18H16Cl2N4O2. The molecule has 0 aliphatic carbocycles. The number of benzene rings is 1. The summed E-state index contributed by atoms with van der Waals surface area (Å²) in [6.07, 6.45) is 3.64. The van der Waals surface area contributed by atoms with Crippen molar-refractivity contribution in [2.75, 3.05) is 13.7 Å². The highest BCUT2D eigenvalue weighted by atomic mass is 35.5. The van der Waals surface area contributed by atoms with E-state index in [0.717, 1.165) is 24.3 Å². The topological polar surface area (TPSA) is 59.7 Å². The lowest BCUT2D eigenvalue weighted by Crippen LogP contribution is -2.31. The number of halogens is 2. The maximum absolute atomic E-state index is 13.1. The number of amides is 1. The Balaban J connectivity index is 1.70. The number of ether oxygens (including phenoxy) is 1. The third-order valence-electron chi connectivity index (χ3n) is 4.60. The molecule has 1 aliphatic rings. The molecule has 0 saturated carbocycles. The number of nitrogens with zero attached hydrogens (tertiary/aromatic N) is 4. The Morgan fingerprint density at radius 2 is 2.00 bits per heavy atom. The van der Waals surface area contributed by atoms with E-state index >= 15 is 0 Å². The highest BCUT2D eigenvalue weighted by Crippen LogP contribution is 2.37. The number of carbonyl (C=O) groups excluding carboxylic acids is 1. The highest BCUT2D eigenvalue weighted by molar-refractivity contribution is 6.37. The number of pyridine rings is 1. The minimum Gasteiger partial charge on any atom is -0.494 e. The number of methoxy groups -OCH3 is 1. The first-order valence-corrected chi connectivity index (χ1v) is 8.99. The molecular weight excluding hydrogens is 375 g/mol. The van der Waals surface area contributed by atoms with E-state index in [1.165, 1.54) is 7.11 Å². The zero-order valence-corrected chi connectivity index (χ0v) is 15.5. The van der Waals surface area contributed by atoms with E-state index in [9.17, 15) is 4.79 Å². The molecule has 4 rings (SSSR count). The summed E-state index contributed by atoms with van der Waals surface area (Å²) < 4.78 is 7.07. The second-order valence-electron chi connectivity index (χ2n) is 6.12. The molecule has 0 radical (unpaired) electrons. The maximum Gasteiger partial charge on any atom is 0.254 e. The largest absolute Gasteiger partial charge is 0.494 e. The van der Waals surface area contributed by atoms with E-state index in [-0.39, 0.29) is 11.9 Å². The molecule has 1 saturated heterocycles. The summed E-state index contributed by atoms with van der Waals surface area (Å²) in [5.41, 5.74) is 1.19. The second kappa shape index (κ2) is 6.78. The van der Waals surface area contributed by atoms with Crippen LogP contribution in [0.3, 0.4) is 0 Å². The van der Waals surface area contributed by atoms with E-state index in [2.05, 4.69) is 10.2 Å². The number of rotatable bonds is 3. The summed E-state index contributed by atoms with van der Waals surface area (Å²) in [6.45, 7) is 0.645. The van der Waals surface area contributed by atoms with Gasteiger partial charge in [0.25, 0.3) is 5.91 Å². The molecule has 1 aliphatic heterocycles. The number of likely N-dealkylation sites (tertiary alicyclic amines) is 1. The van der Waals surface area contributed by atoms with Crippen LogP contribution < -0.4 is 4.74 Å². The van der Waals surface area contributed by atoms with Crippen LogP contribution in [0.1, 0.15) is 35.1 Å². The Morgan fingerprint density at radius 1 is 1.23 bits per heavy atom. The Kier molecular flexibility index (Phi) is 4.46. The molecule has 3 heterocycles. The third kappa shape index (κ3) is 2.79. The van der Waals surface area contributed by atoms with E-state index < -0.39 is 0 Å². The van der Waals surface area contributed by atoms with Crippen LogP contribution in [-0.2, 0) is 0 Å². The van der Waals surface area contributed by atoms with Crippen LogP contribution in [0, 0.1) is 0 Å². The smallest absolute Gasteiger partial charge is 0.254 e. The van der Waals surface area contributed by atoms with Crippen molar-refractivity contribution in [3.05, 3.63) is 58.0 Å². The SMILES string of the molecule is COc1c(Cl)cc(C(=O)N2CCCC2c2nnc3ccccn23)cc1Cl. The molecule has 0 bridgehead atoms. The molecule has 1 amide bonds. The van der Waals surface area contributed by atoms with Gasteiger partial charge < -0.3 is 9.64 Å². The number of hydrogen-bond acceptors (Lipinski definition) is 4. The summed E-state index contributed by atoms with van der Waals surface area (Å²) in [4.78, 5) is 14.9. The van der Waals surface area contributed by atoms with E-state index in [4.69, 9.17) is 27.9 Å². The molecule has 134 valence electrons. The summed E-state index contributed by atoms with van der Waals surface area (Å²) in [5.74, 6) is 0.995. The summed E-state index contributed by atoms with van der Waals surface area (Å²) in [5, 5.41) is 9.13. The van der Waals surface area contributed by atoms with Gasteiger partial charge in [-0.2, -0.15) is 0 Å². The monoisotopic (exact) mass is 390 g/mol. The third-order valence-corrected chi connectivity index (χ3v) is 5.16. The van der Waals surface area contributed by atoms with Gasteiger partial charge in [-0.15, -0.1) is 10.2 Å². The van der Waals surface area contributed by atoms with E-state index in [1.54, 1.807) is 17.0 Å². The van der Waals surface area contributed by atoms with Gasteiger partial charge in [0.05, 0.1) is 23.2 Å². The van der Waals surface area contributed by atoms with Crippen molar-refractivity contribution in [2.45, 2.75) is 18.9 Å². The lowest BCUT2D eigenvalue weighted by Gasteiger charge is -2.24. The Labute approximate surface area is 160 Å². The van der Waals surface area contributed by atoms with Crippen LogP contribution >= 0.6 is 23.2 Å². The van der Waals surface area contributed by atoms with Crippen LogP contribution in [0.2, 0.25) is 10.0 Å². The summed E-state index contributed by atoms with van der Waals surface area (Å²) in [6, 6.07) is 8.76. The lowest BCUT2D eigenvalue weighted by atomic mass is 10.1. The maximum atomic E-state index is 13.1. The fourth-order valence-corrected chi connectivity index (χ4v) is 4.05. The molecule has 0 spiro atoms. The summed E-state index contributed by atoms with van der Waals surface area (Å²) in [7, 11) is 1.49. The lowest BCUT2D eigenvalue weighted by molar-refractivity contribution is 0.0729. The fourth-order valence-electron chi connectivity index (χ4n) is 3.41. The summed E-state index contributed by atoms with van der Waals surface area (Å²) >= 11 is 12.4. The molecule has 1 aromatic carbocycles. The van der Waals surface area contributed by atoms with Crippen molar-refractivity contribution >= 4 is 34.8 Å². The van der Waals surface area contributed by atoms with Gasteiger partial charge in [0.1, 0.15) is 0 Å². The predicted octanol–water partition coefficient (Wildman–Crippen LogP) is 4.02. The van der Waals surface area contributed by atoms with Crippen LogP contribution in [-0.4, -0.2) is 39.1 Å². The minimum atomic E-state index is -0.139. The van der Waals surface area contributed by atoms with Gasteiger partial charge in [0.15, 0.2) is 17.2 Å². The standard InChI is InChI=1S/C18H16Cl2N4O2/c1-26-16-12(19)9-11(10-13(16)20)18(25)23-8-4-5-14(23)17-22-21-15-6-2-3-7-24(15)17/h2-3,6-7,9-10,14H,4-5,8H2,1H3. The van der Waals surface area contributed by atoms with Gasteiger partial charge in [-0.25, -0.2) is 0 Å². The zero-order chi connectivity index (χ0) is 18.3. The number of carbonyl (C=O) groups is 1.